The first-order chi connectivity index (χ1) is 11.7. The zero-order chi connectivity index (χ0) is 17.4. The van der Waals surface area contributed by atoms with E-state index in [-0.39, 0.29) is 0 Å². The molecule has 2 heteroatoms. The van der Waals surface area contributed by atoms with Crippen molar-refractivity contribution in [3.63, 3.8) is 0 Å². The Labute approximate surface area is 151 Å². The normalized spacial score (nSPS) is 10.6. The smallest absolute Gasteiger partial charge is 0.0932 e. The molecule has 0 bridgehead atoms. The summed E-state index contributed by atoms with van der Waals surface area (Å²) in [6, 6.07) is 17.6. The number of rotatable bonds is 9. The summed E-state index contributed by atoms with van der Waals surface area (Å²) in [4.78, 5) is 0. The van der Waals surface area contributed by atoms with E-state index in [0.29, 0.717) is 30.1 Å². The zero-order valence-corrected chi connectivity index (χ0v) is 15.9. The van der Waals surface area contributed by atoms with Crippen LogP contribution in [0.25, 0.3) is 11.1 Å². The molecule has 0 fully saturated rings. The van der Waals surface area contributed by atoms with Gasteiger partial charge in [-0.1, -0.05) is 83.2 Å². The minimum Gasteiger partial charge on any atom is -0.103 e. The Hall–Kier alpha value is -2.17. The summed E-state index contributed by atoms with van der Waals surface area (Å²) in [6.07, 6.45) is 7.84. The lowest BCUT2D eigenvalue weighted by Crippen LogP contribution is -2.18. The van der Waals surface area contributed by atoms with Gasteiger partial charge in [0, 0.05) is 0 Å². The van der Waals surface area contributed by atoms with Crippen LogP contribution in [0, 0.1) is 0 Å². The summed E-state index contributed by atoms with van der Waals surface area (Å²) < 4.78 is 0. The second kappa shape index (κ2) is 9.21. The van der Waals surface area contributed by atoms with Gasteiger partial charge in [0.1, 0.15) is 0 Å². The lowest BCUT2D eigenvalue weighted by Gasteiger charge is -2.10. The number of hydrogen-bond acceptors (Lipinski definition) is 0. The standard InChI is InChI=1S/C22H22Si2/c1-5-19(6-2)23-21-14-12-17(13-15-21)18-10-9-11-22(16-18)24-20(7-3)8-4/h5-16,19-20H,1-4H2. The molecule has 0 aliphatic heterocycles. The first-order valence-electron chi connectivity index (χ1n) is 7.94. The Morgan fingerprint density at radius 2 is 1.17 bits per heavy atom. The van der Waals surface area contributed by atoms with Gasteiger partial charge in [-0.2, -0.15) is 0 Å². The van der Waals surface area contributed by atoms with Crippen LogP contribution in [-0.4, -0.2) is 19.0 Å². The average molecular weight is 343 g/mol. The van der Waals surface area contributed by atoms with Crippen molar-refractivity contribution in [1.82, 2.24) is 0 Å². The number of hydrogen-bond donors (Lipinski definition) is 0. The fraction of sp³-hybridized carbons (Fsp3) is 0.0909. The van der Waals surface area contributed by atoms with Gasteiger partial charge < -0.3 is 0 Å². The van der Waals surface area contributed by atoms with Crippen molar-refractivity contribution in [1.29, 1.82) is 0 Å². The third-order valence-electron chi connectivity index (χ3n) is 3.76. The van der Waals surface area contributed by atoms with Crippen LogP contribution in [0.15, 0.2) is 99.2 Å². The zero-order valence-electron chi connectivity index (χ0n) is 13.9. The molecule has 24 heavy (non-hydrogen) atoms. The van der Waals surface area contributed by atoms with Gasteiger partial charge in [-0.25, -0.2) is 0 Å². The summed E-state index contributed by atoms with van der Waals surface area (Å²) in [5, 5.41) is 2.67. The Kier molecular flexibility index (Phi) is 6.97. The minimum absolute atomic E-state index is 0.346. The van der Waals surface area contributed by atoms with Gasteiger partial charge in [-0.05, 0) is 22.2 Å². The molecule has 0 unspecified atom stereocenters. The largest absolute Gasteiger partial charge is 0.103 e. The lowest BCUT2D eigenvalue weighted by atomic mass is 10.1. The fourth-order valence-corrected chi connectivity index (χ4v) is 4.39. The van der Waals surface area contributed by atoms with Gasteiger partial charge in [0.25, 0.3) is 0 Å². The van der Waals surface area contributed by atoms with E-state index in [2.05, 4.69) is 74.8 Å². The first-order valence-corrected chi connectivity index (χ1v) is 10.1. The maximum Gasteiger partial charge on any atom is 0.0932 e. The summed E-state index contributed by atoms with van der Waals surface area (Å²) in [6.45, 7) is 15.5. The Morgan fingerprint density at radius 3 is 1.71 bits per heavy atom. The molecule has 2 aromatic rings. The summed E-state index contributed by atoms with van der Waals surface area (Å²) in [7, 11) is 1.36. The molecule has 0 saturated carbocycles. The molecule has 118 valence electrons. The van der Waals surface area contributed by atoms with E-state index in [1.165, 1.54) is 21.5 Å². The van der Waals surface area contributed by atoms with Gasteiger partial charge in [-0.3, -0.25) is 0 Å². The topological polar surface area (TPSA) is 0 Å². The van der Waals surface area contributed by atoms with Crippen molar-refractivity contribution in [2.75, 3.05) is 0 Å². The highest BCUT2D eigenvalue weighted by Crippen LogP contribution is 2.17. The Bertz CT molecular complexity index is 697. The summed E-state index contributed by atoms with van der Waals surface area (Å²) >= 11 is 0. The maximum absolute atomic E-state index is 3.88. The van der Waals surface area contributed by atoms with E-state index in [0.717, 1.165) is 0 Å². The highest BCUT2D eigenvalue weighted by Gasteiger charge is 2.06. The Balaban J connectivity index is 2.16. The van der Waals surface area contributed by atoms with Crippen LogP contribution in [0.2, 0.25) is 11.1 Å². The molecule has 2 rings (SSSR count). The van der Waals surface area contributed by atoms with Crippen molar-refractivity contribution in [2.24, 2.45) is 0 Å². The average Bonchev–Trinajstić information content (AvgIpc) is 2.65. The van der Waals surface area contributed by atoms with E-state index in [1.54, 1.807) is 0 Å². The molecule has 4 radical (unpaired) electrons. The molecule has 0 aliphatic carbocycles. The first kappa shape index (κ1) is 18.2. The predicted molar refractivity (Wildman–Crippen MR) is 111 cm³/mol. The van der Waals surface area contributed by atoms with E-state index in [9.17, 15) is 0 Å². The van der Waals surface area contributed by atoms with Crippen LogP contribution < -0.4 is 10.4 Å². The maximum atomic E-state index is 3.88. The molecule has 0 saturated heterocycles. The van der Waals surface area contributed by atoms with Crippen molar-refractivity contribution in [3.8, 4) is 11.1 Å². The van der Waals surface area contributed by atoms with E-state index >= 15 is 0 Å². The molecule has 0 aliphatic rings. The molecule has 0 amide bonds. The monoisotopic (exact) mass is 342 g/mol. The molecule has 0 nitrogen and oxygen atoms in total. The van der Waals surface area contributed by atoms with Crippen LogP contribution in [0.5, 0.6) is 0 Å². The van der Waals surface area contributed by atoms with Crippen molar-refractivity contribution in [2.45, 2.75) is 11.1 Å². The molecule has 0 N–H and O–H groups in total. The molecule has 0 spiro atoms. The van der Waals surface area contributed by atoms with Gasteiger partial charge in [0.15, 0.2) is 0 Å². The number of allylic oxidation sites excluding steroid dienone is 4. The van der Waals surface area contributed by atoms with Crippen LogP contribution in [0.3, 0.4) is 0 Å². The van der Waals surface area contributed by atoms with Crippen LogP contribution in [0.1, 0.15) is 0 Å². The second-order valence-electron chi connectivity index (χ2n) is 5.44. The predicted octanol–water partition coefficient (Wildman–Crippen LogP) is 4.33. The van der Waals surface area contributed by atoms with Crippen molar-refractivity contribution >= 4 is 29.4 Å². The fourth-order valence-electron chi connectivity index (χ4n) is 2.36. The van der Waals surface area contributed by atoms with Crippen molar-refractivity contribution < 1.29 is 0 Å². The van der Waals surface area contributed by atoms with Gasteiger partial charge in [0.2, 0.25) is 0 Å². The molecule has 0 aromatic heterocycles. The van der Waals surface area contributed by atoms with Gasteiger partial charge >= 0.3 is 0 Å². The summed E-state index contributed by atoms with van der Waals surface area (Å²) in [5.74, 6) is 0. The molecular formula is C22H22Si2. The van der Waals surface area contributed by atoms with Crippen LogP contribution in [0.4, 0.5) is 0 Å². The van der Waals surface area contributed by atoms with E-state index in [1.807, 2.05) is 24.3 Å². The Morgan fingerprint density at radius 1 is 0.625 bits per heavy atom. The quantitative estimate of drug-likeness (QED) is 0.470. The molecule has 0 atom stereocenters. The molecule has 2 aromatic carbocycles. The third kappa shape index (κ3) is 4.91. The van der Waals surface area contributed by atoms with Crippen LogP contribution >= 0.6 is 0 Å². The second-order valence-corrected chi connectivity index (χ2v) is 8.51. The van der Waals surface area contributed by atoms with Crippen molar-refractivity contribution in [3.05, 3.63) is 99.2 Å². The van der Waals surface area contributed by atoms with Gasteiger partial charge in [-0.15, -0.1) is 26.3 Å². The minimum atomic E-state index is 0.346. The van der Waals surface area contributed by atoms with E-state index in [4.69, 9.17) is 0 Å². The summed E-state index contributed by atoms with van der Waals surface area (Å²) in [5.41, 5.74) is 3.21. The van der Waals surface area contributed by atoms with E-state index < -0.39 is 0 Å². The third-order valence-corrected chi connectivity index (χ3v) is 6.68. The molecule has 0 heterocycles. The molecular weight excluding hydrogens is 320 g/mol. The lowest BCUT2D eigenvalue weighted by molar-refractivity contribution is 1.38. The van der Waals surface area contributed by atoms with Crippen LogP contribution in [-0.2, 0) is 0 Å². The highest BCUT2D eigenvalue weighted by molar-refractivity contribution is 6.56. The van der Waals surface area contributed by atoms with Gasteiger partial charge in [0.05, 0.1) is 19.0 Å². The SMILES string of the molecule is C=CC(C=C)[Si]c1ccc(-c2cccc([Si]C(C=C)C=C)c2)cc1. The highest BCUT2D eigenvalue weighted by atomic mass is 28.2. The number of benzene rings is 2.